The Hall–Kier alpha value is -3.55. The molecule has 0 radical (unpaired) electrons. The standard InChI is InChI=1S/C20H22N6O2/c1-13-6-4-5-7-17(13)20(28)21-11-10-19(27)22-16-9-8-14(2)18(12-16)26-15(3)23-24-25-26/h4-9,12H,10-11H2,1-3H3,(H,21,28)(H,22,27). The largest absolute Gasteiger partial charge is 0.352 e. The number of aryl methyl sites for hydroxylation is 3. The van der Waals surface area contributed by atoms with Crippen LogP contribution in [0.1, 0.15) is 33.7 Å². The summed E-state index contributed by atoms with van der Waals surface area (Å²) >= 11 is 0. The Balaban J connectivity index is 1.57. The first-order valence-corrected chi connectivity index (χ1v) is 8.95. The van der Waals surface area contributed by atoms with Gasteiger partial charge in [-0.3, -0.25) is 9.59 Å². The topological polar surface area (TPSA) is 102 Å². The number of tetrazole rings is 1. The Labute approximate surface area is 163 Å². The van der Waals surface area contributed by atoms with Crippen LogP contribution >= 0.6 is 0 Å². The molecule has 28 heavy (non-hydrogen) atoms. The molecule has 2 amide bonds. The molecule has 144 valence electrons. The number of carbonyl (C=O) groups is 2. The summed E-state index contributed by atoms with van der Waals surface area (Å²) in [4.78, 5) is 24.4. The number of hydrogen-bond acceptors (Lipinski definition) is 5. The number of nitrogens with one attached hydrogen (secondary N) is 2. The molecule has 0 bridgehead atoms. The molecular weight excluding hydrogens is 356 g/mol. The van der Waals surface area contributed by atoms with E-state index < -0.39 is 0 Å². The van der Waals surface area contributed by atoms with E-state index in [1.54, 1.807) is 10.7 Å². The highest BCUT2D eigenvalue weighted by molar-refractivity contribution is 5.96. The first kappa shape index (κ1) is 19.2. The van der Waals surface area contributed by atoms with Crippen LogP contribution in [0, 0.1) is 20.8 Å². The van der Waals surface area contributed by atoms with Crippen LogP contribution in [-0.2, 0) is 4.79 Å². The molecule has 3 rings (SSSR count). The van der Waals surface area contributed by atoms with Crippen molar-refractivity contribution >= 4 is 17.5 Å². The van der Waals surface area contributed by atoms with Gasteiger partial charge in [0.25, 0.3) is 5.91 Å². The molecule has 8 nitrogen and oxygen atoms in total. The lowest BCUT2D eigenvalue weighted by Gasteiger charge is -2.11. The summed E-state index contributed by atoms with van der Waals surface area (Å²) in [5, 5.41) is 17.1. The quantitative estimate of drug-likeness (QED) is 0.685. The second kappa shape index (κ2) is 8.43. The predicted octanol–water partition coefficient (Wildman–Crippen LogP) is 2.35. The van der Waals surface area contributed by atoms with Crippen LogP contribution in [0.25, 0.3) is 5.69 Å². The number of hydrogen-bond donors (Lipinski definition) is 2. The summed E-state index contributed by atoms with van der Waals surface area (Å²) in [7, 11) is 0. The Morgan fingerprint density at radius 1 is 1.04 bits per heavy atom. The monoisotopic (exact) mass is 378 g/mol. The zero-order valence-electron chi connectivity index (χ0n) is 16.1. The minimum Gasteiger partial charge on any atom is -0.352 e. The first-order chi connectivity index (χ1) is 13.5. The van der Waals surface area contributed by atoms with Crippen LogP contribution < -0.4 is 10.6 Å². The van der Waals surface area contributed by atoms with Crippen LogP contribution in [0.3, 0.4) is 0 Å². The smallest absolute Gasteiger partial charge is 0.251 e. The molecule has 3 aromatic rings. The lowest BCUT2D eigenvalue weighted by atomic mass is 10.1. The van der Waals surface area contributed by atoms with Crippen molar-refractivity contribution in [3.63, 3.8) is 0 Å². The third-order valence-corrected chi connectivity index (χ3v) is 4.37. The van der Waals surface area contributed by atoms with Crippen molar-refractivity contribution in [3.8, 4) is 5.69 Å². The van der Waals surface area contributed by atoms with Crippen molar-refractivity contribution in [2.45, 2.75) is 27.2 Å². The summed E-state index contributed by atoms with van der Waals surface area (Å²) < 4.78 is 1.62. The normalized spacial score (nSPS) is 10.5. The average molecular weight is 378 g/mol. The number of benzene rings is 2. The zero-order valence-corrected chi connectivity index (χ0v) is 16.1. The Morgan fingerprint density at radius 3 is 2.54 bits per heavy atom. The second-order valence-electron chi connectivity index (χ2n) is 6.51. The molecule has 0 fully saturated rings. The molecule has 0 saturated carbocycles. The summed E-state index contributed by atoms with van der Waals surface area (Å²) in [5.74, 6) is 0.288. The van der Waals surface area contributed by atoms with Gasteiger partial charge < -0.3 is 10.6 Å². The second-order valence-corrected chi connectivity index (χ2v) is 6.51. The minimum absolute atomic E-state index is 0.171. The fourth-order valence-corrected chi connectivity index (χ4v) is 2.81. The van der Waals surface area contributed by atoms with Gasteiger partial charge in [-0.25, -0.2) is 0 Å². The molecule has 0 aliphatic rings. The highest BCUT2D eigenvalue weighted by atomic mass is 16.2. The van der Waals surface area contributed by atoms with Crippen molar-refractivity contribution < 1.29 is 9.59 Å². The number of anilines is 1. The van der Waals surface area contributed by atoms with E-state index in [-0.39, 0.29) is 24.8 Å². The fourth-order valence-electron chi connectivity index (χ4n) is 2.81. The molecule has 1 aromatic heterocycles. The van der Waals surface area contributed by atoms with Gasteiger partial charge in [0.15, 0.2) is 5.82 Å². The third kappa shape index (κ3) is 4.40. The Kier molecular flexibility index (Phi) is 5.78. The molecule has 0 spiro atoms. The maximum Gasteiger partial charge on any atom is 0.251 e. The van der Waals surface area contributed by atoms with Crippen LogP contribution in [0.4, 0.5) is 5.69 Å². The molecular formula is C20H22N6O2. The van der Waals surface area contributed by atoms with E-state index in [1.165, 1.54) is 0 Å². The van der Waals surface area contributed by atoms with Crippen LogP contribution in [0.15, 0.2) is 42.5 Å². The number of rotatable bonds is 6. The number of carbonyl (C=O) groups excluding carboxylic acids is 2. The molecule has 2 N–H and O–H groups in total. The molecule has 1 heterocycles. The van der Waals surface area contributed by atoms with Crippen LogP contribution in [0.5, 0.6) is 0 Å². The molecule has 0 aliphatic carbocycles. The lowest BCUT2D eigenvalue weighted by molar-refractivity contribution is -0.116. The highest BCUT2D eigenvalue weighted by Crippen LogP contribution is 2.19. The van der Waals surface area contributed by atoms with Gasteiger partial charge in [-0.1, -0.05) is 24.3 Å². The van der Waals surface area contributed by atoms with Gasteiger partial charge in [0.2, 0.25) is 5.91 Å². The molecule has 0 saturated heterocycles. The SMILES string of the molecule is Cc1ccccc1C(=O)NCCC(=O)Nc1ccc(C)c(-n2nnnc2C)c1. The van der Waals surface area contributed by atoms with Gasteiger partial charge in [0.05, 0.1) is 5.69 Å². The first-order valence-electron chi connectivity index (χ1n) is 8.95. The lowest BCUT2D eigenvalue weighted by Crippen LogP contribution is -2.28. The Morgan fingerprint density at radius 2 is 1.82 bits per heavy atom. The van der Waals surface area contributed by atoms with E-state index in [9.17, 15) is 9.59 Å². The summed E-state index contributed by atoms with van der Waals surface area (Å²) in [6.07, 6.45) is 0.171. The van der Waals surface area contributed by atoms with E-state index in [0.717, 1.165) is 16.8 Å². The van der Waals surface area contributed by atoms with Gasteiger partial charge in [-0.05, 0) is 60.5 Å². The van der Waals surface area contributed by atoms with E-state index in [4.69, 9.17) is 0 Å². The average Bonchev–Trinajstić information content (AvgIpc) is 3.09. The van der Waals surface area contributed by atoms with Gasteiger partial charge >= 0.3 is 0 Å². The third-order valence-electron chi connectivity index (χ3n) is 4.37. The number of amides is 2. The van der Waals surface area contributed by atoms with E-state index in [2.05, 4.69) is 26.2 Å². The summed E-state index contributed by atoms with van der Waals surface area (Å²) in [5.41, 5.74) is 3.94. The maximum absolute atomic E-state index is 12.2. The number of aromatic nitrogens is 4. The van der Waals surface area contributed by atoms with Crippen molar-refractivity contribution in [3.05, 3.63) is 65.0 Å². The van der Waals surface area contributed by atoms with Gasteiger partial charge in [0.1, 0.15) is 0 Å². The van der Waals surface area contributed by atoms with Crippen LogP contribution in [0.2, 0.25) is 0 Å². The minimum atomic E-state index is -0.187. The van der Waals surface area contributed by atoms with Crippen molar-refractivity contribution in [2.75, 3.05) is 11.9 Å². The fraction of sp³-hybridized carbons (Fsp3) is 0.250. The summed E-state index contributed by atoms with van der Waals surface area (Å²) in [6.45, 7) is 5.89. The van der Waals surface area contributed by atoms with Crippen molar-refractivity contribution in [1.82, 2.24) is 25.5 Å². The van der Waals surface area contributed by atoms with E-state index >= 15 is 0 Å². The van der Waals surface area contributed by atoms with E-state index in [1.807, 2.05) is 57.2 Å². The van der Waals surface area contributed by atoms with E-state index in [0.29, 0.717) is 17.1 Å². The molecule has 0 aliphatic heterocycles. The molecule has 0 atom stereocenters. The summed E-state index contributed by atoms with van der Waals surface area (Å²) in [6, 6.07) is 12.9. The molecule has 8 heteroatoms. The predicted molar refractivity (Wildman–Crippen MR) is 105 cm³/mol. The van der Waals surface area contributed by atoms with Gasteiger partial charge in [-0.2, -0.15) is 4.68 Å². The van der Waals surface area contributed by atoms with Crippen molar-refractivity contribution in [2.24, 2.45) is 0 Å². The van der Waals surface area contributed by atoms with Crippen molar-refractivity contribution in [1.29, 1.82) is 0 Å². The Bertz CT molecular complexity index is 1010. The van der Waals surface area contributed by atoms with Gasteiger partial charge in [0, 0.05) is 24.2 Å². The number of nitrogens with zero attached hydrogens (tertiary/aromatic N) is 4. The van der Waals surface area contributed by atoms with Crippen LogP contribution in [-0.4, -0.2) is 38.6 Å². The van der Waals surface area contributed by atoms with Gasteiger partial charge in [-0.15, -0.1) is 5.10 Å². The highest BCUT2D eigenvalue weighted by Gasteiger charge is 2.11. The maximum atomic E-state index is 12.2. The molecule has 2 aromatic carbocycles. The zero-order chi connectivity index (χ0) is 20.1. The molecule has 0 unspecified atom stereocenters.